The minimum atomic E-state index is 0.690. The highest BCUT2D eigenvalue weighted by atomic mass is 16.5. The van der Waals surface area contributed by atoms with Gasteiger partial charge in [-0.15, -0.1) is 0 Å². The van der Waals surface area contributed by atoms with Gasteiger partial charge in [0.2, 0.25) is 0 Å². The zero-order chi connectivity index (χ0) is 20.7. The predicted octanol–water partition coefficient (Wildman–Crippen LogP) is 7.21. The van der Waals surface area contributed by atoms with E-state index in [1.165, 1.54) is 38.5 Å². The van der Waals surface area contributed by atoms with E-state index in [4.69, 9.17) is 9.47 Å². The number of ether oxygens (including phenoxy) is 2. The smallest absolute Gasteiger partial charge is 0.159 e. The normalized spacial score (nSPS) is 12.2. The zero-order valence-corrected chi connectivity index (χ0v) is 18.3. The fourth-order valence-corrected chi connectivity index (χ4v) is 2.93. The Balaban J connectivity index is 1.75. The lowest BCUT2D eigenvalue weighted by Crippen LogP contribution is -2.01. The summed E-state index contributed by atoms with van der Waals surface area (Å²) in [6, 6.07) is 7.84. The summed E-state index contributed by atoms with van der Waals surface area (Å²) >= 11 is 0. The molecule has 2 rings (SSSR count). The Morgan fingerprint density at radius 2 is 1.69 bits per heavy atom. The van der Waals surface area contributed by atoms with Crippen LogP contribution in [0, 0.1) is 5.92 Å². The first kappa shape index (κ1) is 22.9. The quantitative estimate of drug-likeness (QED) is 0.250. The lowest BCUT2D eigenvalue weighted by atomic mass is 10.0. The van der Waals surface area contributed by atoms with Crippen molar-refractivity contribution in [1.82, 2.24) is 9.97 Å². The monoisotopic (exact) mass is 396 g/mol. The Kier molecular flexibility index (Phi) is 10.9. The maximum Gasteiger partial charge on any atom is 0.159 e. The van der Waals surface area contributed by atoms with Gasteiger partial charge in [-0.3, -0.25) is 0 Å². The molecule has 0 unspecified atom stereocenters. The second kappa shape index (κ2) is 13.8. The van der Waals surface area contributed by atoms with Crippen molar-refractivity contribution in [3.05, 3.63) is 49.0 Å². The van der Waals surface area contributed by atoms with Crippen LogP contribution < -0.4 is 9.47 Å². The van der Waals surface area contributed by atoms with Crippen molar-refractivity contribution in [1.29, 1.82) is 0 Å². The van der Waals surface area contributed by atoms with Crippen molar-refractivity contribution < 1.29 is 9.47 Å². The van der Waals surface area contributed by atoms with Crippen LogP contribution >= 0.6 is 0 Å². The molecule has 158 valence electrons. The van der Waals surface area contributed by atoms with Gasteiger partial charge in [0.05, 0.1) is 25.3 Å². The topological polar surface area (TPSA) is 44.2 Å². The lowest BCUT2D eigenvalue weighted by molar-refractivity contribution is 0.292. The summed E-state index contributed by atoms with van der Waals surface area (Å²) in [5.74, 6) is 2.99. The van der Waals surface area contributed by atoms with Crippen molar-refractivity contribution in [3.8, 4) is 22.9 Å². The molecule has 0 aliphatic heterocycles. The average Bonchev–Trinajstić information content (AvgIpc) is 2.77. The molecule has 1 heterocycles. The number of nitrogens with zero attached hydrogens (tertiary/aromatic N) is 2. The third-order valence-electron chi connectivity index (χ3n) is 5.07. The molecule has 1 aromatic carbocycles. The summed E-state index contributed by atoms with van der Waals surface area (Å²) in [5, 5.41) is 0. The van der Waals surface area contributed by atoms with Crippen LogP contribution in [0.2, 0.25) is 0 Å². The van der Waals surface area contributed by atoms with Crippen LogP contribution in [0.25, 0.3) is 11.4 Å². The maximum atomic E-state index is 5.74. The molecular formula is C25H36N2O2. The number of benzene rings is 1. The number of rotatable bonds is 14. The van der Waals surface area contributed by atoms with Crippen LogP contribution in [0.4, 0.5) is 0 Å². The maximum absolute atomic E-state index is 5.74. The van der Waals surface area contributed by atoms with Gasteiger partial charge in [-0.2, -0.15) is 0 Å². The first-order valence-corrected chi connectivity index (χ1v) is 11.1. The van der Waals surface area contributed by atoms with E-state index in [0.29, 0.717) is 12.4 Å². The Morgan fingerprint density at radius 3 is 2.38 bits per heavy atom. The van der Waals surface area contributed by atoms with Crippen molar-refractivity contribution in [2.75, 3.05) is 6.61 Å². The van der Waals surface area contributed by atoms with Gasteiger partial charge in [0.15, 0.2) is 11.6 Å². The first-order chi connectivity index (χ1) is 14.2. The number of hydrogen-bond donors (Lipinski definition) is 0. The highest BCUT2D eigenvalue weighted by Crippen LogP contribution is 2.21. The van der Waals surface area contributed by atoms with Crippen LogP contribution in [0.3, 0.4) is 0 Å². The molecule has 0 saturated carbocycles. The van der Waals surface area contributed by atoms with Crippen molar-refractivity contribution in [3.63, 3.8) is 0 Å². The third kappa shape index (κ3) is 9.12. The standard InChI is InChI=1S/C25H36N2O2/c1-4-6-7-8-9-10-17-28-23-15-13-22(14-16-23)25-26-19-24(20-27-25)29-18-11-12-21(3)5-2/h10,13-17,19-21H,4-9,11-12,18H2,1-3H3/b17-10+/t21-/m0/s1. The second-order valence-electron chi connectivity index (χ2n) is 7.61. The predicted molar refractivity (Wildman–Crippen MR) is 120 cm³/mol. The van der Waals surface area contributed by atoms with E-state index in [1.807, 2.05) is 24.3 Å². The van der Waals surface area contributed by atoms with E-state index in [9.17, 15) is 0 Å². The number of unbranched alkanes of at least 4 members (excludes halogenated alkanes) is 4. The van der Waals surface area contributed by atoms with Crippen molar-refractivity contribution in [2.45, 2.75) is 72.1 Å². The van der Waals surface area contributed by atoms with Gasteiger partial charge in [-0.25, -0.2) is 9.97 Å². The number of aromatic nitrogens is 2. The molecule has 0 spiro atoms. The van der Waals surface area contributed by atoms with E-state index in [2.05, 4.69) is 36.8 Å². The largest absolute Gasteiger partial charge is 0.490 e. The fraction of sp³-hybridized carbons (Fsp3) is 0.520. The van der Waals surface area contributed by atoms with Crippen LogP contribution in [0.5, 0.6) is 11.5 Å². The first-order valence-electron chi connectivity index (χ1n) is 11.1. The molecule has 1 atom stereocenters. The van der Waals surface area contributed by atoms with E-state index < -0.39 is 0 Å². The number of allylic oxidation sites excluding steroid dienone is 1. The summed E-state index contributed by atoms with van der Waals surface area (Å²) < 4.78 is 11.4. The van der Waals surface area contributed by atoms with E-state index in [-0.39, 0.29) is 0 Å². The molecule has 4 heteroatoms. The summed E-state index contributed by atoms with van der Waals surface area (Å²) in [7, 11) is 0. The van der Waals surface area contributed by atoms with Gasteiger partial charge in [-0.1, -0.05) is 46.5 Å². The van der Waals surface area contributed by atoms with E-state index in [0.717, 1.165) is 35.8 Å². The van der Waals surface area contributed by atoms with Crippen LogP contribution in [-0.2, 0) is 0 Å². The Hall–Kier alpha value is -2.36. The van der Waals surface area contributed by atoms with E-state index >= 15 is 0 Å². The van der Waals surface area contributed by atoms with Crippen LogP contribution in [0.15, 0.2) is 49.0 Å². The molecule has 0 saturated heterocycles. The molecule has 1 aromatic heterocycles. The zero-order valence-electron chi connectivity index (χ0n) is 18.3. The molecule has 29 heavy (non-hydrogen) atoms. The van der Waals surface area contributed by atoms with Gasteiger partial charge in [0.25, 0.3) is 0 Å². The van der Waals surface area contributed by atoms with Gasteiger partial charge in [0, 0.05) is 5.56 Å². The average molecular weight is 397 g/mol. The molecular weight excluding hydrogens is 360 g/mol. The molecule has 0 amide bonds. The minimum absolute atomic E-state index is 0.690. The molecule has 0 fully saturated rings. The SMILES string of the molecule is CCCCCC/C=C/Oc1ccc(-c2ncc(OCCC[C@@H](C)CC)cn2)cc1. The van der Waals surface area contributed by atoms with Gasteiger partial charge >= 0.3 is 0 Å². The highest BCUT2D eigenvalue weighted by molar-refractivity contribution is 5.56. The summed E-state index contributed by atoms with van der Waals surface area (Å²) in [4.78, 5) is 8.86. The Labute approximate surface area is 176 Å². The molecule has 0 radical (unpaired) electrons. The molecule has 0 N–H and O–H groups in total. The van der Waals surface area contributed by atoms with Gasteiger partial charge < -0.3 is 9.47 Å². The highest BCUT2D eigenvalue weighted by Gasteiger charge is 2.04. The van der Waals surface area contributed by atoms with Crippen LogP contribution in [-0.4, -0.2) is 16.6 Å². The third-order valence-corrected chi connectivity index (χ3v) is 5.07. The lowest BCUT2D eigenvalue weighted by Gasteiger charge is -2.09. The van der Waals surface area contributed by atoms with E-state index in [1.54, 1.807) is 18.7 Å². The molecule has 2 aromatic rings. The fourth-order valence-electron chi connectivity index (χ4n) is 2.93. The molecule has 0 aliphatic rings. The summed E-state index contributed by atoms with van der Waals surface area (Å²) in [6.07, 6.45) is 17.0. The van der Waals surface area contributed by atoms with Crippen molar-refractivity contribution in [2.24, 2.45) is 5.92 Å². The Bertz CT molecular complexity index is 696. The Morgan fingerprint density at radius 1 is 0.931 bits per heavy atom. The molecule has 4 nitrogen and oxygen atoms in total. The number of hydrogen-bond acceptors (Lipinski definition) is 4. The van der Waals surface area contributed by atoms with Gasteiger partial charge in [-0.05, 0) is 61.9 Å². The van der Waals surface area contributed by atoms with Crippen LogP contribution in [0.1, 0.15) is 72.1 Å². The van der Waals surface area contributed by atoms with Gasteiger partial charge in [0.1, 0.15) is 5.75 Å². The van der Waals surface area contributed by atoms with Crippen molar-refractivity contribution >= 4 is 0 Å². The minimum Gasteiger partial charge on any atom is -0.490 e. The summed E-state index contributed by atoms with van der Waals surface area (Å²) in [6.45, 7) is 7.44. The summed E-state index contributed by atoms with van der Waals surface area (Å²) in [5.41, 5.74) is 0.962. The molecule has 0 aliphatic carbocycles. The molecule has 0 bridgehead atoms. The second-order valence-corrected chi connectivity index (χ2v) is 7.61.